The fourth-order valence-electron chi connectivity index (χ4n) is 2.55. The van der Waals surface area contributed by atoms with E-state index in [4.69, 9.17) is 11.6 Å². The molecule has 1 aromatic rings. The lowest BCUT2D eigenvalue weighted by atomic mass is 10.2. The summed E-state index contributed by atoms with van der Waals surface area (Å²) in [5.41, 5.74) is 0.657. The van der Waals surface area contributed by atoms with Crippen LogP contribution in [0.3, 0.4) is 0 Å². The quantitative estimate of drug-likeness (QED) is 0.833. The fourth-order valence-corrected chi connectivity index (χ4v) is 2.74. The van der Waals surface area contributed by atoms with Crippen LogP contribution in [0.4, 0.5) is 0 Å². The number of piperazine rings is 1. The van der Waals surface area contributed by atoms with E-state index in [2.05, 4.69) is 16.8 Å². The molecule has 1 aliphatic rings. The van der Waals surface area contributed by atoms with Gasteiger partial charge in [-0.1, -0.05) is 17.7 Å². The van der Waals surface area contributed by atoms with Gasteiger partial charge in [0.2, 0.25) is 0 Å². The maximum Gasteiger partial charge on any atom is 0.253 e. The Bertz CT molecular complexity index is 472. The summed E-state index contributed by atoms with van der Waals surface area (Å²) in [6.07, 6.45) is 1.01. The van der Waals surface area contributed by atoms with Crippen LogP contribution in [0.1, 0.15) is 16.8 Å². The molecule has 116 valence electrons. The van der Waals surface area contributed by atoms with Gasteiger partial charge in [0.25, 0.3) is 5.91 Å². The fraction of sp³-hybridized carbons (Fsp3) is 0.562. The van der Waals surface area contributed by atoms with Crippen molar-refractivity contribution in [2.24, 2.45) is 0 Å². The van der Waals surface area contributed by atoms with Gasteiger partial charge in [-0.15, -0.1) is 0 Å². The van der Waals surface area contributed by atoms with E-state index < -0.39 is 0 Å². The Morgan fingerprint density at radius 2 is 2.00 bits per heavy atom. The molecule has 1 aliphatic heterocycles. The van der Waals surface area contributed by atoms with Gasteiger partial charge in [-0.3, -0.25) is 4.79 Å². The summed E-state index contributed by atoms with van der Waals surface area (Å²) in [5, 5.41) is 0.603. The molecule has 0 radical (unpaired) electrons. The zero-order valence-electron chi connectivity index (χ0n) is 12.9. The molecule has 21 heavy (non-hydrogen) atoms. The molecular formula is C16H24ClN3O. The summed E-state index contributed by atoms with van der Waals surface area (Å²) in [6, 6.07) is 7.13. The van der Waals surface area contributed by atoms with Gasteiger partial charge >= 0.3 is 0 Å². The van der Waals surface area contributed by atoms with E-state index in [1.807, 2.05) is 19.2 Å². The van der Waals surface area contributed by atoms with E-state index in [9.17, 15) is 4.79 Å². The monoisotopic (exact) mass is 309 g/mol. The van der Waals surface area contributed by atoms with Crippen molar-refractivity contribution in [1.82, 2.24) is 14.7 Å². The number of likely N-dealkylation sites (N-methyl/N-ethyl adjacent to an activating group) is 1. The van der Waals surface area contributed by atoms with Crippen LogP contribution in [0.25, 0.3) is 0 Å². The summed E-state index contributed by atoms with van der Waals surface area (Å²) < 4.78 is 0. The van der Waals surface area contributed by atoms with Crippen LogP contribution in [-0.2, 0) is 0 Å². The van der Waals surface area contributed by atoms with E-state index in [-0.39, 0.29) is 5.91 Å². The lowest BCUT2D eigenvalue weighted by Gasteiger charge is -2.32. The Labute approximate surface area is 132 Å². The Morgan fingerprint density at radius 3 is 2.67 bits per heavy atom. The van der Waals surface area contributed by atoms with Crippen LogP contribution < -0.4 is 0 Å². The third-order valence-corrected chi connectivity index (χ3v) is 4.22. The normalized spacial score (nSPS) is 16.9. The topological polar surface area (TPSA) is 26.8 Å². The predicted octanol–water partition coefficient (Wildman–Crippen LogP) is 2.05. The number of rotatable bonds is 5. The highest BCUT2D eigenvalue weighted by Gasteiger charge is 2.15. The van der Waals surface area contributed by atoms with Crippen LogP contribution in [0.15, 0.2) is 24.3 Å². The first-order chi connectivity index (χ1) is 10.1. The molecular weight excluding hydrogens is 286 g/mol. The minimum atomic E-state index is 0.0378. The van der Waals surface area contributed by atoms with Crippen molar-refractivity contribution in [1.29, 1.82) is 0 Å². The third-order valence-electron chi connectivity index (χ3n) is 3.98. The molecule has 5 heteroatoms. The van der Waals surface area contributed by atoms with Crippen molar-refractivity contribution in [2.75, 3.05) is 53.4 Å². The second kappa shape index (κ2) is 7.78. The van der Waals surface area contributed by atoms with Crippen LogP contribution in [0.5, 0.6) is 0 Å². The number of nitrogens with zero attached hydrogens (tertiary/aromatic N) is 3. The van der Waals surface area contributed by atoms with Crippen molar-refractivity contribution in [3.63, 3.8) is 0 Å². The highest BCUT2D eigenvalue weighted by atomic mass is 35.5. The Balaban J connectivity index is 1.74. The van der Waals surface area contributed by atoms with E-state index in [0.29, 0.717) is 10.6 Å². The van der Waals surface area contributed by atoms with Gasteiger partial charge in [0.15, 0.2) is 0 Å². The van der Waals surface area contributed by atoms with Gasteiger partial charge in [-0.05, 0) is 38.2 Å². The van der Waals surface area contributed by atoms with Crippen molar-refractivity contribution >= 4 is 17.5 Å². The second-order valence-corrected chi connectivity index (χ2v) is 6.17. The van der Waals surface area contributed by atoms with E-state index in [1.54, 1.807) is 17.0 Å². The molecule has 0 saturated carbocycles. The number of hydrogen-bond donors (Lipinski definition) is 0. The third kappa shape index (κ3) is 4.99. The first-order valence-electron chi connectivity index (χ1n) is 7.48. The number of carbonyl (C=O) groups excluding carboxylic acids is 1. The predicted molar refractivity (Wildman–Crippen MR) is 87.0 cm³/mol. The number of carbonyl (C=O) groups is 1. The molecule has 0 aromatic heterocycles. The average Bonchev–Trinajstić information content (AvgIpc) is 2.48. The smallest absolute Gasteiger partial charge is 0.253 e. The SMILES string of the molecule is CN1CCN(CCCN(C)C(=O)c2cccc(Cl)c2)CC1. The number of halogens is 1. The molecule has 1 saturated heterocycles. The van der Waals surface area contributed by atoms with Gasteiger partial charge in [0.1, 0.15) is 0 Å². The number of benzene rings is 1. The minimum absolute atomic E-state index is 0.0378. The molecule has 1 heterocycles. The van der Waals surface area contributed by atoms with Crippen LogP contribution in [-0.4, -0.2) is 74.0 Å². The maximum absolute atomic E-state index is 12.3. The summed E-state index contributed by atoms with van der Waals surface area (Å²) in [7, 11) is 4.02. The maximum atomic E-state index is 12.3. The summed E-state index contributed by atoms with van der Waals surface area (Å²) in [4.78, 5) is 18.9. The summed E-state index contributed by atoms with van der Waals surface area (Å²) in [5.74, 6) is 0.0378. The molecule has 0 aliphatic carbocycles. The van der Waals surface area contributed by atoms with Crippen molar-refractivity contribution in [3.8, 4) is 0 Å². The lowest BCUT2D eigenvalue weighted by molar-refractivity contribution is 0.0783. The van der Waals surface area contributed by atoms with Crippen molar-refractivity contribution < 1.29 is 4.79 Å². The summed E-state index contributed by atoms with van der Waals surface area (Å²) in [6.45, 7) is 6.36. The highest BCUT2D eigenvalue weighted by molar-refractivity contribution is 6.30. The zero-order valence-corrected chi connectivity index (χ0v) is 13.6. The lowest BCUT2D eigenvalue weighted by Crippen LogP contribution is -2.45. The van der Waals surface area contributed by atoms with E-state index in [1.165, 1.54) is 0 Å². The van der Waals surface area contributed by atoms with Gasteiger partial charge in [-0.25, -0.2) is 0 Å². The highest BCUT2D eigenvalue weighted by Crippen LogP contribution is 2.12. The molecule has 1 aromatic carbocycles. The van der Waals surface area contributed by atoms with Gasteiger partial charge in [0.05, 0.1) is 0 Å². The molecule has 1 fully saturated rings. The van der Waals surface area contributed by atoms with Crippen molar-refractivity contribution in [2.45, 2.75) is 6.42 Å². The van der Waals surface area contributed by atoms with Crippen LogP contribution >= 0.6 is 11.6 Å². The van der Waals surface area contributed by atoms with Crippen LogP contribution in [0.2, 0.25) is 5.02 Å². The Morgan fingerprint density at radius 1 is 1.29 bits per heavy atom. The average molecular weight is 310 g/mol. The Kier molecular flexibility index (Phi) is 6.03. The minimum Gasteiger partial charge on any atom is -0.342 e. The molecule has 0 atom stereocenters. The molecule has 0 bridgehead atoms. The standard InChI is InChI=1S/C16H24ClN3O/c1-18-9-11-20(12-10-18)8-4-7-19(2)16(21)14-5-3-6-15(17)13-14/h3,5-6,13H,4,7-12H2,1-2H3. The largest absolute Gasteiger partial charge is 0.342 e. The zero-order chi connectivity index (χ0) is 15.2. The summed E-state index contributed by atoms with van der Waals surface area (Å²) >= 11 is 5.93. The number of amides is 1. The first-order valence-corrected chi connectivity index (χ1v) is 7.86. The Hall–Kier alpha value is -1.10. The molecule has 1 amide bonds. The molecule has 0 N–H and O–H groups in total. The molecule has 0 unspecified atom stereocenters. The second-order valence-electron chi connectivity index (χ2n) is 5.74. The first kappa shape index (κ1) is 16.3. The number of hydrogen-bond acceptors (Lipinski definition) is 3. The molecule has 2 rings (SSSR count). The van der Waals surface area contributed by atoms with E-state index >= 15 is 0 Å². The van der Waals surface area contributed by atoms with Crippen LogP contribution in [0, 0.1) is 0 Å². The van der Waals surface area contributed by atoms with Gasteiger partial charge in [-0.2, -0.15) is 0 Å². The van der Waals surface area contributed by atoms with Gasteiger partial charge in [0, 0.05) is 50.4 Å². The molecule has 0 spiro atoms. The molecule has 4 nitrogen and oxygen atoms in total. The van der Waals surface area contributed by atoms with Gasteiger partial charge < -0.3 is 14.7 Å². The van der Waals surface area contributed by atoms with Crippen molar-refractivity contribution in [3.05, 3.63) is 34.9 Å². The van der Waals surface area contributed by atoms with E-state index in [0.717, 1.165) is 45.7 Å².